The average molecular weight is 403 g/mol. The van der Waals surface area contributed by atoms with Gasteiger partial charge < -0.3 is 18.6 Å². The molecule has 4 aromatic rings. The lowest BCUT2D eigenvalue weighted by atomic mass is 10.2. The van der Waals surface area contributed by atoms with Gasteiger partial charge in [0.15, 0.2) is 5.76 Å². The molecule has 1 amide bonds. The Kier molecular flexibility index (Phi) is 5.84. The molecule has 2 aromatic heterocycles. The predicted octanol–water partition coefficient (Wildman–Crippen LogP) is 4.68. The van der Waals surface area contributed by atoms with Gasteiger partial charge >= 0.3 is 0 Å². The molecule has 154 valence electrons. The first kappa shape index (κ1) is 19.8. The molecule has 6 heteroatoms. The molecule has 0 spiro atoms. The molecular weight excluding hydrogens is 378 g/mol. The number of amides is 1. The zero-order valence-corrected chi connectivity index (χ0v) is 17.2. The molecule has 0 aliphatic carbocycles. The van der Waals surface area contributed by atoms with Crippen LogP contribution in [-0.2, 0) is 13.1 Å². The number of rotatable bonds is 8. The standard InChI is InChI=1S/C24H25N3O3/c1-18-9-3-6-12-21(18)29-16-8-14-27-20-11-5-4-10-19(20)25-23(27)17-26(2)24(28)22-13-7-15-30-22/h3-7,9-13,15H,8,14,16-17H2,1-2H3. The fourth-order valence-corrected chi connectivity index (χ4v) is 3.49. The van der Waals surface area contributed by atoms with Crippen LogP contribution in [0.5, 0.6) is 5.75 Å². The number of benzene rings is 2. The number of carbonyl (C=O) groups is 1. The van der Waals surface area contributed by atoms with Crippen LogP contribution in [0.1, 0.15) is 28.4 Å². The van der Waals surface area contributed by atoms with Crippen molar-refractivity contribution in [1.82, 2.24) is 14.5 Å². The van der Waals surface area contributed by atoms with Crippen molar-refractivity contribution < 1.29 is 13.9 Å². The van der Waals surface area contributed by atoms with E-state index in [2.05, 4.69) is 10.6 Å². The molecule has 0 aliphatic heterocycles. The largest absolute Gasteiger partial charge is 0.493 e. The summed E-state index contributed by atoms with van der Waals surface area (Å²) in [5.74, 6) is 1.92. The lowest BCUT2D eigenvalue weighted by Gasteiger charge is -2.17. The van der Waals surface area contributed by atoms with Crippen molar-refractivity contribution in [2.75, 3.05) is 13.7 Å². The number of carbonyl (C=O) groups excluding carboxylic acids is 1. The van der Waals surface area contributed by atoms with E-state index >= 15 is 0 Å². The number of aromatic nitrogens is 2. The van der Waals surface area contributed by atoms with Crippen molar-refractivity contribution in [2.24, 2.45) is 0 Å². The Hall–Kier alpha value is -3.54. The van der Waals surface area contributed by atoms with Gasteiger partial charge in [0.2, 0.25) is 0 Å². The Morgan fingerprint density at radius 3 is 2.70 bits per heavy atom. The van der Waals surface area contributed by atoms with Crippen LogP contribution in [0.25, 0.3) is 11.0 Å². The highest BCUT2D eigenvalue weighted by Crippen LogP contribution is 2.20. The van der Waals surface area contributed by atoms with Gasteiger partial charge in [-0.2, -0.15) is 0 Å². The number of fused-ring (bicyclic) bond motifs is 1. The molecule has 2 aromatic carbocycles. The molecule has 0 aliphatic rings. The molecule has 30 heavy (non-hydrogen) atoms. The van der Waals surface area contributed by atoms with E-state index in [-0.39, 0.29) is 5.91 Å². The maximum Gasteiger partial charge on any atom is 0.289 e. The Morgan fingerprint density at radius 2 is 1.90 bits per heavy atom. The smallest absolute Gasteiger partial charge is 0.289 e. The first-order chi connectivity index (χ1) is 14.6. The molecule has 2 heterocycles. The van der Waals surface area contributed by atoms with Gasteiger partial charge in [0.1, 0.15) is 11.6 Å². The van der Waals surface area contributed by atoms with E-state index in [0.717, 1.165) is 41.1 Å². The van der Waals surface area contributed by atoms with Crippen molar-refractivity contribution in [1.29, 1.82) is 0 Å². The predicted molar refractivity (Wildman–Crippen MR) is 116 cm³/mol. The molecule has 0 saturated carbocycles. The normalized spacial score (nSPS) is 11.0. The maximum absolute atomic E-state index is 12.6. The van der Waals surface area contributed by atoms with Crippen LogP contribution in [0.3, 0.4) is 0 Å². The van der Waals surface area contributed by atoms with Crippen molar-refractivity contribution >= 4 is 16.9 Å². The number of furan rings is 1. The van der Waals surface area contributed by atoms with Crippen LogP contribution < -0.4 is 4.74 Å². The fourth-order valence-electron chi connectivity index (χ4n) is 3.49. The number of imidazole rings is 1. The Labute approximate surface area is 175 Å². The maximum atomic E-state index is 12.6. The van der Waals surface area contributed by atoms with E-state index in [0.29, 0.717) is 18.9 Å². The van der Waals surface area contributed by atoms with E-state index in [1.807, 2.05) is 49.4 Å². The number of ether oxygens (including phenoxy) is 1. The van der Waals surface area contributed by atoms with Gasteiger partial charge in [0.05, 0.1) is 30.4 Å². The monoisotopic (exact) mass is 403 g/mol. The Morgan fingerprint density at radius 1 is 1.10 bits per heavy atom. The third-order valence-corrected chi connectivity index (χ3v) is 5.07. The minimum atomic E-state index is -0.165. The molecular formula is C24H25N3O3. The number of para-hydroxylation sites is 3. The summed E-state index contributed by atoms with van der Waals surface area (Å²) in [5.41, 5.74) is 3.11. The van der Waals surface area contributed by atoms with Crippen molar-refractivity contribution in [3.05, 3.63) is 84.1 Å². The van der Waals surface area contributed by atoms with E-state index < -0.39 is 0 Å². The first-order valence-corrected chi connectivity index (χ1v) is 10.0. The number of aryl methyl sites for hydroxylation is 2. The molecule has 0 N–H and O–H groups in total. The lowest BCUT2D eigenvalue weighted by molar-refractivity contribution is 0.0748. The fraction of sp³-hybridized carbons (Fsp3) is 0.250. The van der Waals surface area contributed by atoms with Crippen LogP contribution in [0, 0.1) is 6.92 Å². The molecule has 0 radical (unpaired) electrons. The lowest BCUT2D eigenvalue weighted by Crippen LogP contribution is -2.27. The van der Waals surface area contributed by atoms with Crippen LogP contribution in [0.15, 0.2) is 71.3 Å². The highest BCUT2D eigenvalue weighted by atomic mass is 16.5. The average Bonchev–Trinajstić information content (AvgIpc) is 3.40. The minimum absolute atomic E-state index is 0.165. The van der Waals surface area contributed by atoms with E-state index in [4.69, 9.17) is 14.1 Å². The highest BCUT2D eigenvalue weighted by Gasteiger charge is 2.18. The zero-order chi connectivity index (χ0) is 20.9. The molecule has 0 atom stereocenters. The van der Waals surface area contributed by atoms with Gasteiger partial charge in [-0.15, -0.1) is 0 Å². The summed E-state index contributed by atoms with van der Waals surface area (Å²) in [7, 11) is 1.76. The van der Waals surface area contributed by atoms with Gasteiger partial charge in [0.25, 0.3) is 5.91 Å². The molecule has 0 unspecified atom stereocenters. The van der Waals surface area contributed by atoms with Gasteiger partial charge in [-0.05, 0) is 49.2 Å². The van der Waals surface area contributed by atoms with Gasteiger partial charge in [-0.3, -0.25) is 4.79 Å². The molecule has 0 fully saturated rings. The minimum Gasteiger partial charge on any atom is -0.493 e. The second-order valence-corrected chi connectivity index (χ2v) is 7.27. The van der Waals surface area contributed by atoms with Crippen LogP contribution in [-0.4, -0.2) is 34.0 Å². The third kappa shape index (κ3) is 4.22. The Bertz CT molecular complexity index is 1130. The first-order valence-electron chi connectivity index (χ1n) is 10.0. The SMILES string of the molecule is Cc1ccccc1OCCCn1c(CN(C)C(=O)c2ccco2)nc2ccccc21. The quantitative estimate of drug-likeness (QED) is 0.401. The Balaban J connectivity index is 1.47. The highest BCUT2D eigenvalue weighted by molar-refractivity contribution is 5.91. The topological polar surface area (TPSA) is 60.5 Å². The van der Waals surface area contributed by atoms with E-state index in [1.54, 1.807) is 24.1 Å². The van der Waals surface area contributed by atoms with Gasteiger partial charge in [-0.25, -0.2) is 4.98 Å². The van der Waals surface area contributed by atoms with Crippen LogP contribution in [0.4, 0.5) is 0 Å². The number of nitrogens with zero attached hydrogens (tertiary/aromatic N) is 3. The number of hydrogen-bond acceptors (Lipinski definition) is 4. The second-order valence-electron chi connectivity index (χ2n) is 7.27. The van der Waals surface area contributed by atoms with Crippen molar-refractivity contribution in [2.45, 2.75) is 26.4 Å². The summed E-state index contributed by atoms with van der Waals surface area (Å²) in [4.78, 5) is 19.0. The van der Waals surface area contributed by atoms with Gasteiger partial charge in [0, 0.05) is 13.6 Å². The second kappa shape index (κ2) is 8.86. The summed E-state index contributed by atoms with van der Waals surface area (Å²) >= 11 is 0. The van der Waals surface area contributed by atoms with Crippen LogP contribution in [0.2, 0.25) is 0 Å². The summed E-state index contributed by atoms with van der Waals surface area (Å²) in [6.07, 6.45) is 2.34. The molecule has 6 nitrogen and oxygen atoms in total. The summed E-state index contributed by atoms with van der Waals surface area (Å²) in [5, 5.41) is 0. The molecule has 4 rings (SSSR count). The molecule has 0 saturated heterocycles. The number of hydrogen-bond donors (Lipinski definition) is 0. The van der Waals surface area contributed by atoms with E-state index in [9.17, 15) is 4.79 Å². The zero-order valence-electron chi connectivity index (χ0n) is 17.2. The molecule has 0 bridgehead atoms. The van der Waals surface area contributed by atoms with Crippen LogP contribution >= 0.6 is 0 Å². The summed E-state index contributed by atoms with van der Waals surface area (Å²) in [6, 6.07) is 19.4. The summed E-state index contributed by atoms with van der Waals surface area (Å²) in [6.45, 7) is 3.80. The van der Waals surface area contributed by atoms with Gasteiger partial charge in [-0.1, -0.05) is 30.3 Å². The van der Waals surface area contributed by atoms with E-state index in [1.165, 1.54) is 6.26 Å². The van der Waals surface area contributed by atoms with Crippen molar-refractivity contribution in [3.63, 3.8) is 0 Å². The van der Waals surface area contributed by atoms with Crippen molar-refractivity contribution in [3.8, 4) is 5.75 Å². The third-order valence-electron chi connectivity index (χ3n) is 5.07. The summed E-state index contributed by atoms with van der Waals surface area (Å²) < 4.78 is 13.4.